The van der Waals surface area contributed by atoms with Crippen LogP contribution in [0.1, 0.15) is 27.1 Å². The lowest BCUT2D eigenvalue weighted by molar-refractivity contribution is -0.0354. The first-order valence-corrected chi connectivity index (χ1v) is 12.0. The third kappa shape index (κ3) is 5.93. The number of halogens is 2. The predicted molar refractivity (Wildman–Crippen MR) is 129 cm³/mol. The minimum absolute atomic E-state index is 0.0650. The monoisotopic (exact) mass is 503 g/mol. The summed E-state index contributed by atoms with van der Waals surface area (Å²) in [7, 11) is 3.09. The van der Waals surface area contributed by atoms with Gasteiger partial charge in [0.25, 0.3) is 11.8 Å². The summed E-state index contributed by atoms with van der Waals surface area (Å²) in [5, 5.41) is 0. The molecule has 2 heterocycles. The summed E-state index contributed by atoms with van der Waals surface area (Å²) >= 11 is 0. The van der Waals surface area contributed by atoms with Gasteiger partial charge in [-0.15, -0.1) is 0 Å². The third-order valence-electron chi connectivity index (χ3n) is 6.56. The number of methoxy groups -OCH3 is 2. The predicted octanol–water partition coefficient (Wildman–Crippen LogP) is 2.67. The molecular weight excluding hydrogens is 472 g/mol. The Morgan fingerprint density at radius 1 is 0.917 bits per heavy atom. The zero-order valence-corrected chi connectivity index (χ0v) is 20.5. The Balaban J connectivity index is 1.33. The molecule has 1 unspecified atom stereocenters. The molecule has 0 saturated carbocycles. The number of carbonyl (C=O) groups excluding carboxylic acids is 2. The van der Waals surface area contributed by atoms with Gasteiger partial charge in [0.15, 0.2) is 11.5 Å². The van der Waals surface area contributed by atoms with Crippen molar-refractivity contribution in [2.45, 2.75) is 12.5 Å². The minimum atomic E-state index is -0.866. The highest BCUT2D eigenvalue weighted by Crippen LogP contribution is 2.28. The molecule has 4 rings (SSSR count). The van der Waals surface area contributed by atoms with Crippen LogP contribution in [0, 0.1) is 11.6 Å². The number of hydrogen-bond donors (Lipinski definition) is 0. The van der Waals surface area contributed by atoms with Crippen molar-refractivity contribution in [3.8, 4) is 11.5 Å². The van der Waals surface area contributed by atoms with Gasteiger partial charge in [-0.2, -0.15) is 0 Å². The lowest BCUT2D eigenvalue weighted by atomic mass is 10.1. The number of nitrogens with zero attached hydrogens (tertiary/aromatic N) is 3. The van der Waals surface area contributed by atoms with Crippen molar-refractivity contribution in [1.29, 1.82) is 0 Å². The lowest BCUT2D eigenvalue weighted by Gasteiger charge is -2.35. The van der Waals surface area contributed by atoms with Crippen molar-refractivity contribution < 1.29 is 32.6 Å². The van der Waals surface area contributed by atoms with Gasteiger partial charge in [0, 0.05) is 50.9 Å². The molecule has 2 aromatic rings. The smallest absolute Gasteiger partial charge is 0.257 e. The van der Waals surface area contributed by atoms with E-state index in [1.54, 1.807) is 30.2 Å². The van der Waals surface area contributed by atoms with Crippen LogP contribution in [0.5, 0.6) is 11.5 Å². The molecule has 2 fully saturated rings. The van der Waals surface area contributed by atoms with Crippen LogP contribution in [0.25, 0.3) is 0 Å². The van der Waals surface area contributed by atoms with Crippen molar-refractivity contribution in [2.24, 2.45) is 0 Å². The maximum absolute atomic E-state index is 14.1. The highest BCUT2D eigenvalue weighted by molar-refractivity contribution is 5.95. The molecule has 0 bridgehead atoms. The second-order valence-corrected chi connectivity index (χ2v) is 8.88. The fourth-order valence-electron chi connectivity index (χ4n) is 4.64. The van der Waals surface area contributed by atoms with Crippen molar-refractivity contribution in [3.63, 3.8) is 0 Å². The number of benzene rings is 2. The van der Waals surface area contributed by atoms with Crippen LogP contribution in [-0.4, -0.2) is 99.3 Å². The van der Waals surface area contributed by atoms with Gasteiger partial charge < -0.3 is 24.0 Å². The molecule has 2 aliphatic heterocycles. The second-order valence-electron chi connectivity index (χ2n) is 8.88. The van der Waals surface area contributed by atoms with Crippen LogP contribution in [0.15, 0.2) is 36.4 Å². The molecule has 10 heteroatoms. The van der Waals surface area contributed by atoms with E-state index in [1.807, 2.05) is 4.90 Å². The summed E-state index contributed by atoms with van der Waals surface area (Å²) in [6, 6.07) is 8.13. The quantitative estimate of drug-likeness (QED) is 0.604. The number of carbonyl (C=O) groups is 2. The van der Waals surface area contributed by atoms with Crippen LogP contribution >= 0.6 is 0 Å². The van der Waals surface area contributed by atoms with E-state index in [1.165, 1.54) is 13.2 Å². The van der Waals surface area contributed by atoms with Crippen LogP contribution < -0.4 is 9.47 Å². The van der Waals surface area contributed by atoms with Crippen LogP contribution in [-0.2, 0) is 4.74 Å². The van der Waals surface area contributed by atoms with Gasteiger partial charge in [0.05, 0.1) is 32.5 Å². The molecule has 2 amide bonds. The maximum atomic E-state index is 14.1. The van der Waals surface area contributed by atoms with E-state index in [0.717, 1.165) is 25.1 Å². The number of morpholine rings is 1. The highest BCUT2D eigenvalue weighted by Gasteiger charge is 2.29. The van der Waals surface area contributed by atoms with E-state index in [9.17, 15) is 18.4 Å². The molecule has 36 heavy (non-hydrogen) atoms. The van der Waals surface area contributed by atoms with E-state index in [-0.39, 0.29) is 17.6 Å². The van der Waals surface area contributed by atoms with Gasteiger partial charge >= 0.3 is 0 Å². The summed E-state index contributed by atoms with van der Waals surface area (Å²) < 4.78 is 43.8. The Hall–Kier alpha value is -3.24. The van der Waals surface area contributed by atoms with E-state index in [0.29, 0.717) is 62.9 Å². The summed E-state index contributed by atoms with van der Waals surface area (Å²) in [4.78, 5) is 31.5. The van der Waals surface area contributed by atoms with Gasteiger partial charge in [-0.25, -0.2) is 8.78 Å². The highest BCUT2D eigenvalue weighted by atomic mass is 19.1. The molecule has 2 saturated heterocycles. The van der Waals surface area contributed by atoms with Crippen molar-refractivity contribution >= 4 is 11.8 Å². The number of amides is 2. The summed E-state index contributed by atoms with van der Waals surface area (Å²) in [6.45, 7) is 4.24. The Morgan fingerprint density at radius 2 is 1.72 bits per heavy atom. The van der Waals surface area contributed by atoms with Gasteiger partial charge in [-0.1, -0.05) is 0 Å². The molecule has 2 aliphatic rings. The normalized spacial score (nSPS) is 19.1. The molecule has 2 aromatic carbocycles. The second kappa shape index (κ2) is 11.7. The standard InChI is InChI=1S/C26H31F2N3O5/c1-34-23-7-4-18(14-24(23)35-2)25(32)30-9-3-8-29(10-11-30)16-20-17-31(12-13-36-20)26(33)21-6-5-19(27)15-22(21)28/h4-7,14-15,20H,3,8-13,16-17H2,1-2H3. The van der Waals surface area contributed by atoms with Crippen molar-refractivity contribution in [3.05, 3.63) is 59.2 Å². The molecule has 8 nitrogen and oxygen atoms in total. The van der Waals surface area contributed by atoms with E-state index in [2.05, 4.69) is 4.90 Å². The Morgan fingerprint density at radius 3 is 2.47 bits per heavy atom. The average molecular weight is 504 g/mol. The van der Waals surface area contributed by atoms with Gasteiger partial charge in [0.2, 0.25) is 0 Å². The molecular formula is C26H31F2N3O5. The number of hydrogen-bond acceptors (Lipinski definition) is 6. The topological polar surface area (TPSA) is 71.6 Å². The molecule has 194 valence electrons. The number of rotatable bonds is 6. The maximum Gasteiger partial charge on any atom is 0.257 e. The first-order valence-electron chi connectivity index (χ1n) is 12.0. The zero-order chi connectivity index (χ0) is 25.7. The fraction of sp³-hybridized carbons (Fsp3) is 0.462. The van der Waals surface area contributed by atoms with Gasteiger partial charge in [-0.05, 0) is 43.3 Å². The average Bonchev–Trinajstić information content (AvgIpc) is 3.13. The SMILES string of the molecule is COc1ccc(C(=O)N2CCCN(CC3CN(C(=O)c4ccc(F)cc4F)CCO3)CC2)cc1OC. The molecule has 0 spiro atoms. The zero-order valence-electron chi connectivity index (χ0n) is 20.5. The first kappa shape index (κ1) is 25.8. The van der Waals surface area contributed by atoms with Gasteiger partial charge in [0.1, 0.15) is 11.6 Å². The van der Waals surface area contributed by atoms with Crippen molar-refractivity contribution in [2.75, 3.05) is 66.6 Å². The van der Waals surface area contributed by atoms with E-state index in [4.69, 9.17) is 14.2 Å². The summed E-state index contributed by atoms with van der Waals surface area (Å²) in [5.74, 6) is -1.04. The molecule has 0 radical (unpaired) electrons. The van der Waals surface area contributed by atoms with Gasteiger partial charge in [-0.3, -0.25) is 14.5 Å². The first-order chi connectivity index (χ1) is 17.4. The van der Waals surface area contributed by atoms with Crippen LogP contribution in [0.4, 0.5) is 8.78 Å². The molecule has 0 aromatic heterocycles. The molecule has 0 aliphatic carbocycles. The Bertz CT molecular complexity index is 1100. The Labute approximate surface area is 209 Å². The third-order valence-corrected chi connectivity index (χ3v) is 6.56. The summed E-state index contributed by atoms with van der Waals surface area (Å²) in [5.41, 5.74) is 0.398. The summed E-state index contributed by atoms with van der Waals surface area (Å²) in [6.07, 6.45) is 0.564. The van der Waals surface area contributed by atoms with E-state index < -0.39 is 17.5 Å². The number of ether oxygens (including phenoxy) is 3. The largest absolute Gasteiger partial charge is 0.493 e. The Kier molecular flexibility index (Phi) is 8.37. The van der Waals surface area contributed by atoms with Crippen LogP contribution in [0.3, 0.4) is 0 Å². The van der Waals surface area contributed by atoms with E-state index >= 15 is 0 Å². The lowest BCUT2D eigenvalue weighted by Crippen LogP contribution is -2.50. The van der Waals surface area contributed by atoms with Crippen LogP contribution in [0.2, 0.25) is 0 Å². The molecule has 0 N–H and O–H groups in total. The molecule has 1 atom stereocenters. The fourth-order valence-corrected chi connectivity index (χ4v) is 4.64. The van der Waals surface area contributed by atoms with Crippen molar-refractivity contribution in [1.82, 2.24) is 14.7 Å². The minimum Gasteiger partial charge on any atom is -0.493 e.